The van der Waals surface area contributed by atoms with Crippen LogP contribution in [0.3, 0.4) is 0 Å². The lowest BCUT2D eigenvalue weighted by Crippen LogP contribution is -2.30. The van der Waals surface area contributed by atoms with Crippen molar-refractivity contribution in [3.05, 3.63) is 23.8 Å². The first-order chi connectivity index (χ1) is 13.6. The van der Waals surface area contributed by atoms with Crippen molar-refractivity contribution in [3.63, 3.8) is 0 Å². The summed E-state index contributed by atoms with van der Waals surface area (Å²) in [6.45, 7) is 17.5. The van der Waals surface area contributed by atoms with E-state index in [-0.39, 0.29) is 15.8 Å². The minimum Gasteiger partial charge on any atom is -0.209 e. The van der Waals surface area contributed by atoms with Gasteiger partial charge in [0.15, 0.2) is 0 Å². The zero-order valence-electron chi connectivity index (χ0n) is 20.4. The molecule has 0 spiro atoms. The Morgan fingerprint density at radius 1 is 0.793 bits per heavy atom. The lowest BCUT2D eigenvalue weighted by atomic mass is 9.99. The molecule has 0 saturated heterocycles. The Balaban J connectivity index is 1.97. The third-order valence-electron chi connectivity index (χ3n) is 7.32. The Kier molecular flexibility index (Phi) is 8.05. The van der Waals surface area contributed by atoms with Crippen molar-refractivity contribution in [3.8, 4) is 0 Å². The average molecular weight is 434 g/mol. The molecular formula is C27H47P2-. The third kappa shape index (κ3) is 5.72. The van der Waals surface area contributed by atoms with E-state index < -0.39 is 0 Å². The summed E-state index contributed by atoms with van der Waals surface area (Å²) in [4.78, 5) is 0. The minimum atomic E-state index is -0.120. The van der Waals surface area contributed by atoms with Crippen LogP contribution >= 0.6 is 15.8 Å². The summed E-state index contributed by atoms with van der Waals surface area (Å²) in [5.74, 6) is 0. The van der Waals surface area contributed by atoms with Crippen LogP contribution in [-0.2, 0) is 0 Å². The summed E-state index contributed by atoms with van der Waals surface area (Å²) >= 11 is 0. The van der Waals surface area contributed by atoms with Crippen LogP contribution in [0.4, 0.5) is 0 Å². The maximum absolute atomic E-state index is 2.58. The molecule has 3 rings (SSSR count). The molecule has 2 saturated carbocycles. The summed E-state index contributed by atoms with van der Waals surface area (Å²) in [6, 6.07) is 7.54. The second-order valence-electron chi connectivity index (χ2n) is 11.7. The van der Waals surface area contributed by atoms with Crippen LogP contribution in [0.1, 0.15) is 124 Å². The summed E-state index contributed by atoms with van der Waals surface area (Å²) in [5.41, 5.74) is 4.46. The van der Waals surface area contributed by atoms with Gasteiger partial charge in [0.25, 0.3) is 0 Å². The van der Waals surface area contributed by atoms with Gasteiger partial charge in [-0.1, -0.05) is 101 Å². The average Bonchev–Trinajstić information content (AvgIpc) is 3.11. The van der Waals surface area contributed by atoms with E-state index in [1.165, 1.54) is 64.2 Å². The molecule has 0 unspecified atom stereocenters. The van der Waals surface area contributed by atoms with Gasteiger partial charge in [0.05, 0.1) is 0 Å². The Labute approximate surface area is 184 Å². The first-order valence-corrected chi connectivity index (χ1v) is 15.3. The Bertz CT molecular complexity index is 586. The van der Waals surface area contributed by atoms with Crippen LogP contribution in [-0.4, -0.2) is 21.6 Å². The molecule has 0 amide bonds. The van der Waals surface area contributed by atoms with E-state index in [1.54, 1.807) is 5.56 Å². The van der Waals surface area contributed by atoms with Crippen molar-refractivity contribution >= 4 is 21.1 Å². The molecule has 0 N–H and O–H groups in total. The van der Waals surface area contributed by atoms with Crippen LogP contribution in [0.2, 0.25) is 0 Å². The van der Waals surface area contributed by atoms with E-state index in [0.29, 0.717) is 16.0 Å². The van der Waals surface area contributed by atoms with Crippen molar-refractivity contribution in [2.24, 2.45) is 0 Å². The quantitative estimate of drug-likeness (QED) is 0.320. The number of hydrogen-bond donors (Lipinski definition) is 0. The summed E-state index contributed by atoms with van der Waals surface area (Å²) < 4.78 is 0. The van der Waals surface area contributed by atoms with E-state index in [9.17, 15) is 0 Å². The van der Waals surface area contributed by atoms with Crippen LogP contribution < -0.4 is 5.30 Å². The monoisotopic (exact) mass is 433 g/mol. The van der Waals surface area contributed by atoms with Gasteiger partial charge in [-0.05, 0) is 47.3 Å². The Morgan fingerprint density at radius 2 is 1.24 bits per heavy atom. The van der Waals surface area contributed by atoms with Crippen molar-refractivity contribution in [1.82, 2.24) is 0 Å². The molecule has 2 aliphatic rings. The normalized spacial score (nSPS) is 21.8. The topological polar surface area (TPSA) is 0 Å². The van der Waals surface area contributed by atoms with Gasteiger partial charge < -0.3 is 0 Å². The third-order valence-corrected chi connectivity index (χ3v) is 14.8. The molecular weight excluding hydrogens is 386 g/mol. The van der Waals surface area contributed by atoms with Crippen molar-refractivity contribution < 1.29 is 0 Å². The zero-order chi connectivity index (χ0) is 21.2. The van der Waals surface area contributed by atoms with Crippen LogP contribution in [0.25, 0.3) is 0 Å². The maximum Gasteiger partial charge on any atom is -0.0179 e. The molecule has 1 aromatic rings. The lowest BCUT2D eigenvalue weighted by Gasteiger charge is -2.49. The molecule has 2 fully saturated rings. The minimum absolute atomic E-state index is 0.00558. The molecule has 0 radical (unpaired) electrons. The fraction of sp³-hybridized carbons (Fsp3) is 0.815. The SMILES string of the molecule is C[C@H](c1cc[cH-]c1P(C1CCCCC1)C1CCCCC1)P(C(C)(C)C)C(C)(C)C. The predicted molar refractivity (Wildman–Crippen MR) is 137 cm³/mol. The second kappa shape index (κ2) is 9.78. The fourth-order valence-corrected chi connectivity index (χ4v) is 15.7. The highest BCUT2D eigenvalue weighted by Crippen LogP contribution is 2.68. The van der Waals surface area contributed by atoms with E-state index in [1.807, 2.05) is 5.30 Å². The summed E-state index contributed by atoms with van der Waals surface area (Å²) in [6.07, 6.45) is 14.9. The molecule has 2 heteroatoms. The van der Waals surface area contributed by atoms with Gasteiger partial charge in [-0.2, -0.15) is 17.7 Å². The Hall–Kier alpha value is 0.210. The van der Waals surface area contributed by atoms with Gasteiger partial charge in [-0.15, -0.1) is 13.2 Å². The van der Waals surface area contributed by atoms with Gasteiger partial charge in [0, 0.05) is 0 Å². The molecule has 0 aromatic heterocycles. The Morgan fingerprint density at radius 3 is 1.66 bits per heavy atom. The van der Waals surface area contributed by atoms with Gasteiger partial charge >= 0.3 is 0 Å². The van der Waals surface area contributed by atoms with Crippen molar-refractivity contribution in [2.45, 2.75) is 140 Å². The van der Waals surface area contributed by atoms with Gasteiger partial charge in [-0.3, -0.25) is 0 Å². The molecule has 1 atom stereocenters. The summed E-state index contributed by atoms with van der Waals surface area (Å²) in [7, 11) is -0.114. The highest BCUT2D eigenvalue weighted by Gasteiger charge is 2.38. The molecule has 2 aliphatic carbocycles. The van der Waals surface area contributed by atoms with Gasteiger partial charge in [-0.25, -0.2) is 6.07 Å². The smallest absolute Gasteiger partial charge is 0.0179 e. The summed E-state index contributed by atoms with van der Waals surface area (Å²) in [5, 5.41) is 2.62. The maximum atomic E-state index is 2.58. The lowest BCUT2D eigenvalue weighted by molar-refractivity contribution is 0.487. The van der Waals surface area contributed by atoms with E-state index in [0.717, 1.165) is 11.3 Å². The van der Waals surface area contributed by atoms with E-state index in [2.05, 4.69) is 66.7 Å². The number of rotatable bonds is 5. The predicted octanol–water partition coefficient (Wildman–Crippen LogP) is 9.32. The van der Waals surface area contributed by atoms with E-state index >= 15 is 0 Å². The van der Waals surface area contributed by atoms with Crippen LogP contribution in [0.5, 0.6) is 0 Å². The van der Waals surface area contributed by atoms with E-state index in [4.69, 9.17) is 0 Å². The largest absolute Gasteiger partial charge is 0.209 e. The highest BCUT2D eigenvalue weighted by atomic mass is 31.1. The van der Waals surface area contributed by atoms with Crippen LogP contribution in [0.15, 0.2) is 18.2 Å². The number of hydrogen-bond acceptors (Lipinski definition) is 0. The van der Waals surface area contributed by atoms with Crippen molar-refractivity contribution in [2.75, 3.05) is 0 Å². The fourth-order valence-electron chi connectivity index (χ4n) is 6.73. The highest BCUT2D eigenvalue weighted by molar-refractivity contribution is 7.67. The zero-order valence-corrected chi connectivity index (χ0v) is 22.2. The molecule has 29 heavy (non-hydrogen) atoms. The van der Waals surface area contributed by atoms with Gasteiger partial charge in [0.2, 0.25) is 0 Å². The van der Waals surface area contributed by atoms with Gasteiger partial charge in [0.1, 0.15) is 0 Å². The first-order valence-electron chi connectivity index (χ1n) is 12.4. The molecule has 0 aliphatic heterocycles. The molecule has 1 aromatic carbocycles. The van der Waals surface area contributed by atoms with Crippen molar-refractivity contribution in [1.29, 1.82) is 0 Å². The standard InChI is InChI=1S/C27H47P2/c1-21(29(26(2,3)4)27(5,6)7)24-19-14-20-25(24)28(22-15-10-8-11-16-22)23-17-12-9-13-18-23/h14,19-23H,8-13,15-18H2,1-7H3/q-1/t21-/m1/s1. The molecule has 0 nitrogen and oxygen atoms in total. The molecule has 166 valence electrons. The van der Waals surface area contributed by atoms with Crippen LogP contribution in [0, 0.1) is 0 Å². The first kappa shape index (κ1) is 23.9. The second-order valence-corrected chi connectivity index (χ2v) is 18.7. The molecule has 0 bridgehead atoms. The molecule has 0 heterocycles.